The van der Waals surface area contributed by atoms with Crippen molar-refractivity contribution in [2.45, 2.75) is 6.92 Å². The van der Waals surface area contributed by atoms with Gasteiger partial charge in [-0.25, -0.2) is 9.18 Å². The van der Waals surface area contributed by atoms with Crippen molar-refractivity contribution in [3.8, 4) is 0 Å². The molecule has 0 fully saturated rings. The van der Waals surface area contributed by atoms with Gasteiger partial charge in [0.25, 0.3) is 0 Å². The summed E-state index contributed by atoms with van der Waals surface area (Å²) in [4.78, 5) is 11.4. The van der Waals surface area contributed by atoms with Crippen LogP contribution in [0.5, 0.6) is 0 Å². The number of methoxy groups -OCH3 is 1. The van der Waals surface area contributed by atoms with Crippen molar-refractivity contribution in [3.63, 3.8) is 0 Å². The first-order valence-electron chi connectivity index (χ1n) is 4.40. The van der Waals surface area contributed by atoms with Crippen LogP contribution in [0.15, 0.2) is 22.6 Å². The maximum atomic E-state index is 13.0. The van der Waals surface area contributed by atoms with Crippen LogP contribution in [-0.4, -0.2) is 13.1 Å². The number of hydrogen-bond donors (Lipinski definition) is 0. The van der Waals surface area contributed by atoms with Gasteiger partial charge in [-0.2, -0.15) is 0 Å². The lowest BCUT2D eigenvalue weighted by Crippen LogP contribution is -2.01. The summed E-state index contributed by atoms with van der Waals surface area (Å²) in [6.45, 7) is 1.64. The summed E-state index contributed by atoms with van der Waals surface area (Å²) in [6, 6.07) is 4.04. The zero-order valence-corrected chi connectivity index (χ0v) is 8.33. The standard InChI is InChI=1S/C11H9FO3/c1-6-10(11(13)14-2)8-5-7(12)3-4-9(8)15-6/h3-5H,1-2H3. The average Bonchev–Trinajstić information content (AvgIpc) is 2.52. The van der Waals surface area contributed by atoms with Gasteiger partial charge in [-0.15, -0.1) is 0 Å². The third kappa shape index (κ3) is 1.48. The largest absolute Gasteiger partial charge is 0.465 e. The first kappa shape index (κ1) is 9.71. The smallest absolute Gasteiger partial charge is 0.342 e. The highest BCUT2D eigenvalue weighted by molar-refractivity contribution is 6.04. The van der Waals surface area contributed by atoms with E-state index in [-0.39, 0.29) is 5.56 Å². The van der Waals surface area contributed by atoms with Gasteiger partial charge in [0.2, 0.25) is 0 Å². The van der Waals surface area contributed by atoms with Gasteiger partial charge in [-0.05, 0) is 25.1 Å². The van der Waals surface area contributed by atoms with E-state index in [1.807, 2.05) is 0 Å². The molecule has 0 atom stereocenters. The van der Waals surface area contributed by atoms with Crippen molar-refractivity contribution in [2.75, 3.05) is 7.11 Å². The predicted molar refractivity (Wildman–Crippen MR) is 52.2 cm³/mol. The van der Waals surface area contributed by atoms with Crippen molar-refractivity contribution in [1.82, 2.24) is 0 Å². The Morgan fingerprint density at radius 2 is 2.20 bits per heavy atom. The predicted octanol–water partition coefficient (Wildman–Crippen LogP) is 2.67. The van der Waals surface area contributed by atoms with E-state index in [0.717, 1.165) is 0 Å². The molecule has 2 rings (SSSR count). The average molecular weight is 208 g/mol. The van der Waals surface area contributed by atoms with E-state index in [1.165, 1.54) is 25.3 Å². The molecule has 0 N–H and O–H groups in total. The number of carbonyl (C=O) groups is 1. The number of aryl methyl sites for hydroxylation is 1. The van der Waals surface area contributed by atoms with Gasteiger partial charge in [0.15, 0.2) is 0 Å². The summed E-state index contributed by atoms with van der Waals surface area (Å²) >= 11 is 0. The fourth-order valence-corrected chi connectivity index (χ4v) is 1.55. The molecule has 0 saturated carbocycles. The minimum Gasteiger partial charge on any atom is -0.465 e. The quantitative estimate of drug-likeness (QED) is 0.676. The number of hydrogen-bond acceptors (Lipinski definition) is 3. The molecule has 0 saturated heterocycles. The molecule has 4 heteroatoms. The number of benzene rings is 1. The molecular formula is C11H9FO3. The summed E-state index contributed by atoms with van der Waals surface area (Å²) < 4.78 is 22.9. The normalized spacial score (nSPS) is 10.6. The lowest BCUT2D eigenvalue weighted by molar-refractivity contribution is 0.0601. The van der Waals surface area contributed by atoms with Crippen molar-refractivity contribution in [1.29, 1.82) is 0 Å². The summed E-state index contributed by atoms with van der Waals surface area (Å²) in [6.07, 6.45) is 0. The zero-order valence-electron chi connectivity index (χ0n) is 8.33. The van der Waals surface area contributed by atoms with E-state index in [0.29, 0.717) is 16.7 Å². The number of esters is 1. The van der Waals surface area contributed by atoms with E-state index in [9.17, 15) is 9.18 Å². The van der Waals surface area contributed by atoms with Crippen molar-refractivity contribution < 1.29 is 18.3 Å². The van der Waals surface area contributed by atoms with Gasteiger partial charge >= 0.3 is 5.97 Å². The lowest BCUT2D eigenvalue weighted by Gasteiger charge is -1.96. The van der Waals surface area contributed by atoms with Crippen LogP contribution in [0, 0.1) is 12.7 Å². The van der Waals surface area contributed by atoms with Crippen LogP contribution in [0.3, 0.4) is 0 Å². The Balaban J connectivity index is 2.76. The van der Waals surface area contributed by atoms with Gasteiger partial charge in [0.1, 0.15) is 22.7 Å². The molecule has 1 heterocycles. The Hall–Kier alpha value is -1.84. The third-order valence-electron chi connectivity index (χ3n) is 2.22. The Kier molecular flexibility index (Phi) is 2.19. The molecular weight excluding hydrogens is 199 g/mol. The number of fused-ring (bicyclic) bond motifs is 1. The molecule has 0 aliphatic rings. The second kappa shape index (κ2) is 3.38. The molecule has 1 aromatic carbocycles. The highest BCUT2D eigenvalue weighted by Crippen LogP contribution is 2.26. The first-order chi connectivity index (χ1) is 7.13. The highest BCUT2D eigenvalue weighted by atomic mass is 19.1. The van der Waals surface area contributed by atoms with Gasteiger partial charge < -0.3 is 9.15 Å². The Morgan fingerprint density at radius 1 is 1.47 bits per heavy atom. The lowest BCUT2D eigenvalue weighted by atomic mass is 10.1. The van der Waals surface area contributed by atoms with E-state index in [1.54, 1.807) is 6.92 Å². The second-order valence-corrected chi connectivity index (χ2v) is 3.17. The van der Waals surface area contributed by atoms with Crippen molar-refractivity contribution >= 4 is 16.9 Å². The molecule has 15 heavy (non-hydrogen) atoms. The summed E-state index contributed by atoms with van der Waals surface area (Å²) in [5, 5.41) is 0.444. The molecule has 0 amide bonds. The molecule has 0 aliphatic carbocycles. The summed E-state index contributed by atoms with van der Waals surface area (Å²) in [5.41, 5.74) is 0.765. The fourth-order valence-electron chi connectivity index (χ4n) is 1.55. The van der Waals surface area contributed by atoms with E-state index >= 15 is 0 Å². The van der Waals surface area contributed by atoms with Crippen LogP contribution in [0.25, 0.3) is 11.0 Å². The van der Waals surface area contributed by atoms with E-state index < -0.39 is 11.8 Å². The van der Waals surface area contributed by atoms with Crippen LogP contribution < -0.4 is 0 Å². The maximum Gasteiger partial charge on any atom is 0.342 e. The Morgan fingerprint density at radius 3 is 2.87 bits per heavy atom. The molecule has 78 valence electrons. The van der Waals surface area contributed by atoms with E-state index in [4.69, 9.17) is 4.42 Å². The minimum absolute atomic E-state index is 0.284. The Bertz CT molecular complexity index is 528. The molecule has 0 radical (unpaired) electrons. The Labute approximate surface area is 85.4 Å². The maximum absolute atomic E-state index is 13.0. The van der Waals surface area contributed by atoms with Gasteiger partial charge in [0, 0.05) is 5.39 Å². The van der Waals surface area contributed by atoms with Crippen LogP contribution >= 0.6 is 0 Å². The van der Waals surface area contributed by atoms with Crippen LogP contribution in [-0.2, 0) is 4.74 Å². The molecule has 1 aromatic heterocycles. The number of halogens is 1. The van der Waals surface area contributed by atoms with Crippen molar-refractivity contribution in [3.05, 3.63) is 35.3 Å². The number of ether oxygens (including phenoxy) is 1. The van der Waals surface area contributed by atoms with Gasteiger partial charge in [-0.3, -0.25) is 0 Å². The summed E-state index contributed by atoms with van der Waals surface area (Å²) in [5.74, 6) is -0.493. The van der Waals surface area contributed by atoms with E-state index in [2.05, 4.69) is 4.74 Å². The molecule has 0 aliphatic heterocycles. The number of furan rings is 1. The molecule has 0 bridgehead atoms. The topological polar surface area (TPSA) is 39.4 Å². The zero-order chi connectivity index (χ0) is 11.0. The minimum atomic E-state index is -0.517. The van der Waals surface area contributed by atoms with Gasteiger partial charge in [0.05, 0.1) is 7.11 Å². The van der Waals surface area contributed by atoms with Crippen molar-refractivity contribution in [2.24, 2.45) is 0 Å². The highest BCUT2D eigenvalue weighted by Gasteiger charge is 2.18. The molecule has 3 nitrogen and oxygen atoms in total. The first-order valence-corrected chi connectivity index (χ1v) is 4.40. The number of carbonyl (C=O) groups excluding carboxylic acids is 1. The fraction of sp³-hybridized carbons (Fsp3) is 0.182. The third-order valence-corrected chi connectivity index (χ3v) is 2.22. The van der Waals surface area contributed by atoms with Gasteiger partial charge in [-0.1, -0.05) is 0 Å². The second-order valence-electron chi connectivity index (χ2n) is 3.17. The molecule has 0 spiro atoms. The van der Waals surface area contributed by atoms with Crippen LogP contribution in [0.1, 0.15) is 16.1 Å². The van der Waals surface area contributed by atoms with Crippen LogP contribution in [0.2, 0.25) is 0 Å². The SMILES string of the molecule is COC(=O)c1c(C)oc2ccc(F)cc12. The molecule has 2 aromatic rings. The number of rotatable bonds is 1. The van der Waals surface area contributed by atoms with Crippen LogP contribution in [0.4, 0.5) is 4.39 Å². The summed E-state index contributed by atoms with van der Waals surface area (Å²) in [7, 11) is 1.28. The molecule has 0 unspecified atom stereocenters. The monoisotopic (exact) mass is 208 g/mol.